The van der Waals surface area contributed by atoms with Gasteiger partial charge in [0.15, 0.2) is 0 Å². The van der Waals surface area contributed by atoms with Crippen LogP contribution in [0.15, 0.2) is 0 Å². The van der Waals surface area contributed by atoms with Crippen molar-refractivity contribution in [2.24, 2.45) is 29.1 Å². The van der Waals surface area contributed by atoms with Crippen molar-refractivity contribution in [3.63, 3.8) is 0 Å². The summed E-state index contributed by atoms with van der Waals surface area (Å²) in [4.78, 5) is 0. The predicted octanol–water partition coefficient (Wildman–Crippen LogP) is 14.0. The van der Waals surface area contributed by atoms with Gasteiger partial charge in [0.05, 0.1) is 0 Å². The maximum atomic E-state index is 2.57. The van der Waals surface area contributed by atoms with E-state index in [1.165, 1.54) is 135 Å². The molecule has 0 aliphatic heterocycles. The summed E-state index contributed by atoms with van der Waals surface area (Å²) in [5.74, 6) is 3.92. The highest BCUT2D eigenvalue weighted by atomic mass is 14.4. The highest BCUT2D eigenvalue weighted by Gasteiger charge is 2.39. The second-order valence-electron chi connectivity index (χ2n) is 12.9. The molecule has 2 rings (SSSR count). The van der Waals surface area contributed by atoms with Crippen LogP contribution in [0.5, 0.6) is 0 Å². The Bertz CT molecular complexity index is 453. The van der Waals surface area contributed by atoms with Gasteiger partial charge in [-0.25, -0.2) is 0 Å². The Kier molecular flexibility index (Phi) is 25.0. The van der Waals surface area contributed by atoms with Crippen LogP contribution in [-0.4, -0.2) is 0 Å². The molecule has 0 aromatic rings. The molecule has 0 nitrogen and oxygen atoms in total. The lowest BCUT2D eigenvalue weighted by Gasteiger charge is -2.46. The molecule has 2 fully saturated rings. The summed E-state index contributed by atoms with van der Waals surface area (Å²) in [6.07, 6.45) is 35.9. The molecule has 0 aromatic carbocycles. The molecule has 0 heteroatoms. The van der Waals surface area contributed by atoms with Gasteiger partial charge in [0.1, 0.15) is 0 Å². The van der Waals surface area contributed by atoms with E-state index in [4.69, 9.17) is 0 Å². The number of hydrogen-bond acceptors (Lipinski definition) is 0. The molecule has 0 bridgehead atoms. The fourth-order valence-electron chi connectivity index (χ4n) is 8.00. The Hall–Kier alpha value is 0. The van der Waals surface area contributed by atoms with Crippen molar-refractivity contribution in [2.75, 3.05) is 0 Å². The molecule has 0 spiro atoms. The van der Waals surface area contributed by atoms with Crippen LogP contribution in [0, 0.1) is 29.1 Å². The molecule has 5 atom stereocenters. The first-order valence-corrected chi connectivity index (χ1v) is 18.1. The normalized spacial score (nSPS) is 32.1. The van der Waals surface area contributed by atoms with Gasteiger partial charge in [-0.1, -0.05) is 190 Å². The molecule has 224 valence electrons. The summed E-state index contributed by atoms with van der Waals surface area (Å²) in [5, 5.41) is 0. The molecule has 0 N–H and O–H groups in total. The third kappa shape index (κ3) is 16.0. The van der Waals surface area contributed by atoms with Crippen LogP contribution < -0.4 is 0 Å². The van der Waals surface area contributed by atoms with Crippen molar-refractivity contribution in [1.29, 1.82) is 0 Å². The molecule has 2 aliphatic rings. The van der Waals surface area contributed by atoms with E-state index in [0.717, 1.165) is 23.7 Å². The molecule has 0 heterocycles. The predicted molar refractivity (Wildman–Crippen MR) is 173 cm³/mol. The Morgan fingerprint density at radius 3 is 1.32 bits per heavy atom. The summed E-state index contributed by atoms with van der Waals surface area (Å²) < 4.78 is 0. The van der Waals surface area contributed by atoms with Gasteiger partial charge in [-0.2, -0.15) is 0 Å². The van der Waals surface area contributed by atoms with Crippen LogP contribution in [0.2, 0.25) is 0 Å². The van der Waals surface area contributed by atoms with Crippen LogP contribution in [-0.2, 0) is 0 Å². The molecule has 5 unspecified atom stereocenters. The van der Waals surface area contributed by atoms with Gasteiger partial charge < -0.3 is 0 Å². The zero-order chi connectivity index (χ0) is 27.8. The smallest absolute Gasteiger partial charge is 0.0269 e. The molecule has 0 saturated heterocycles. The molecule has 0 radical (unpaired) electrons. The minimum absolute atomic E-state index is 0.642. The van der Waals surface area contributed by atoms with E-state index < -0.39 is 0 Å². The van der Waals surface area contributed by atoms with Crippen LogP contribution in [0.25, 0.3) is 0 Å². The number of hydrogen-bond donors (Lipinski definition) is 0. The van der Waals surface area contributed by atoms with E-state index in [0.29, 0.717) is 5.41 Å². The minimum atomic E-state index is 0.642. The summed E-state index contributed by atoms with van der Waals surface area (Å²) >= 11 is 0. The summed E-state index contributed by atoms with van der Waals surface area (Å²) in [7, 11) is 0. The maximum absolute atomic E-state index is 2.57. The van der Waals surface area contributed by atoms with E-state index in [2.05, 4.69) is 27.7 Å². The van der Waals surface area contributed by atoms with Crippen molar-refractivity contribution < 1.29 is 0 Å². The number of rotatable bonds is 3. The molecule has 37 heavy (non-hydrogen) atoms. The Labute approximate surface area is 238 Å². The summed E-state index contributed by atoms with van der Waals surface area (Å²) in [6.45, 7) is 18.1. The fraction of sp³-hybridized carbons (Fsp3) is 1.00. The lowest BCUT2D eigenvalue weighted by molar-refractivity contribution is 0.0453. The van der Waals surface area contributed by atoms with Crippen molar-refractivity contribution in [1.82, 2.24) is 0 Å². The first-order valence-electron chi connectivity index (χ1n) is 18.1. The van der Waals surface area contributed by atoms with Gasteiger partial charge >= 0.3 is 0 Å². The molecule has 0 aromatic heterocycles. The Morgan fingerprint density at radius 2 is 0.865 bits per heavy atom. The summed E-state index contributed by atoms with van der Waals surface area (Å²) in [6, 6.07) is 0. The molecule has 2 saturated carbocycles. The lowest BCUT2D eigenvalue weighted by Crippen LogP contribution is -2.36. The van der Waals surface area contributed by atoms with Crippen molar-refractivity contribution >= 4 is 0 Å². The molecule has 2 aliphatic carbocycles. The fourth-order valence-corrected chi connectivity index (χ4v) is 8.00. The molecule has 0 amide bonds. The van der Waals surface area contributed by atoms with Gasteiger partial charge in [0.25, 0.3) is 0 Å². The van der Waals surface area contributed by atoms with E-state index in [1.54, 1.807) is 19.3 Å². The lowest BCUT2D eigenvalue weighted by atomic mass is 9.59. The largest absolute Gasteiger partial charge is 0.0683 e. The molecular formula is C37H76. The second kappa shape index (κ2) is 25.0. The summed E-state index contributed by atoms with van der Waals surface area (Å²) in [5.41, 5.74) is 0.642. The highest BCUT2D eigenvalue weighted by Crippen LogP contribution is 2.50. The van der Waals surface area contributed by atoms with Crippen LogP contribution in [0.1, 0.15) is 209 Å². The highest BCUT2D eigenvalue weighted by molar-refractivity contribution is 4.90. The van der Waals surface area contributed by atoms with Crippen molar-refractivity contribution in [3.8, 4) is 0 Å². The zero-order valence-corrected chi connectivity index (χ0v) is 27.8. The van der Waals surface area contributed by atoms with E-state index in [9.17, 15) is 0 Å². The van der Waals surface area contributed by atoms with Gasteiger partial charge in [-0.05, 0) is 48.3 Å². The van der Waals surface area contributed by atoms with Gasteiger partial charge in [0, 0.05) is 0 Å². The van der Waals surface area contributed by atoms with Crippen LogP contribution >= 0.6 is 0 Å². The van der Waals surface area contributed by atoms with Gasteiger partial charge in [-0.3, -0.25) is 0 Å². The maximum Gasteiger partial charge on any atom is -0.0269 e. The van der Waals surface area contributed by atoms with Gasteiger partial charge in [0.2, 0.25) is 0 Å². The average Bonchev–Trinajstić information content (AvgIpc) is 2.92. The monoisotopic (exact) mass is 521 g/mol. The molecular weight excluding hydrogens is 444 g/mol. The Balaban J connectivity index is 0.00000308. The third-order valence-corrected chi connectivity index (χ3v) is 10.2. The van der Waals surface area contributed by atoms with Gasteiger partial charge in [-0.15, -0.1) is 0 Å². The second-order valence-corrected chi connectivity index (χ2v) is 12.9. The Morgan fingerprint density at radius 1 is 0.486 bits per heavy atom. The standard InChI is InChI=1S/C33H64.2C2H6/c1-5-27-33(6-2)28-19-11-9-7-8-10-12-24-31-25-17-15-22-29(3)20-13-14-21-30(4)23-16-18-26-32(31)33;2*1-2/h29-32H,5-28H2,1-4H3;2*1-2H3. The zero-order valence-electron chi connectivity index (χ0n) is 27.8. The van der Waals surface area contributed by atoms with E-state index in [1.807, 2.05) is 27.7 Å². The van der Waals surface area contributed by atoms with Crippen molar-refractivity contribution in [3.05, 3.63) is 0 Å². The van der Waals surface area contributed by atoms with Crippen molar-refractivity contribution in [2.45, 2.75) is 209 Å². The quantitative estimate of drug-likeness (QED) is 0.347. The number of fused-ring (bicyclic) bond motifs is 1. The third-order valence-electron chi connectivity index (χ3n) is 10.2. The van der Waals surface area contributed by atoms with Crippen LogP contribution in [0.4, 0.5) is 0 Å². The SMILES string of the molecule is CC.CC.CCCC1(CC)CCCCCCCCCC2CCCCC(C)CCCCC(C)CCCCC21. The van der Waals surface area contributed by atoms with Crippen LogP contribution in [0.3, 0.4) is 0 Å². The minimum Gasteiger partial charge on any atom is -0.0683 e. The average molecular weight is 521 g/mol. The van der Waals surface area contributed by atoms with E-state index in [-0.39, 0.29) is 0 Å². The van der Waals surface area contributed by atoms with E-state index >= 15 is 0 Å². The first-order chi connectivity index (χ1) is 18.1. The topological polar surface area (TPSA) is 0 Å². The first kappa shape index (κ1) is 37.0.